The van der Waals surface area contributed by atoms with Crippen molar-refractivity contribution in [3.05, 3.63) is 59.0 Å². The summed E-state index contributed by atoms with van der Waals surface area (Å²) in [5, 5.41) is 13.3. The van der Waals surface area contributed by atoms with Crippen LogP contribution in [-0.4, -0.2) is 17.6 Å². The number of carbonyl (C=O) groups excluding carboxylic acids is 1. The molecule has 1 heterocycles. The number of furan rings is 1. The maximum atomic E-state index is 12.1. The molecule has 2 aromatic rings. The Morgan fingerprint density at radius 1 is 1.38 bits per heavy atom. The number of aliphatic hydroxyl groups excluding tert-OH is 1. The van der Waals surface area contributed by atoms with Crippen LogP contribution in [0.1, 0.15) is 29.8 Å². The number of halogens is 1. The predicted octanol–water partition coefficient (Wildman–Crippen LogP) is 2.89. The van der Waals surface area contributed by atoms with Gasteiger partial charge in [0.1, 0.15) is 11.9 Å². The number of hydrogen-bond donors (Lipinski definition) is 2. The van der Waals surface area contributed by atoms with Gasteiger partial charge in [-0.05, 0) is 36.1 Å². The van der Waals surface area contributed by atoms with Gasteiger partial charge in [0, 0.05) is 10.9 Å². The molecule has 0 radical (unpaired) electrons. The molecule has 0 spiro atoms. The summed E-state index contributed by atoms with van der Waals surface area (Å²) in [4.78, 5) is 12.1. The molecule has 2 N–H and O–H groups in total. The molecule has 0 bridgehead atoms. The molecular weight excluding hydrogens is 290 g/mol. The highest BCUT2D eigenvalue weighted by molar-refractivity contribution is 6.31. The molecular formula is C16H16ClNO3. The molecule has 21 heavy (non-hydrogen) atoms. The Balaban J connectivity index is 1.53. The lowest BCUT2D eigenvalue weighted by atomic mass is 10.1. The van der Waals surface area contributed by atoms with Crippen LogP contribution in [0.3, 0.4) is 0 Å². The highest BCUT2D eigenvalue weighted by atomic mass is 35.5. The van der Waals surface area contributed by atoms with Crippen LogP contribution in [0.4, 0.5) is 0 Å². The molecule has 3 rings (SSSR count). The third kappa shape index (κ3) is 3.12. The van der Waals surface area contributed by atoms with E-state index in [-0.39, 0.29) is 24.3 Å². The van der Waals surface area contributed by atoms with E-state index in [4.69, 9.17) is 16.0 Å². The van der Waals surface area contributed by atoms with Crippen LogP contribution in [0.2, 0.25) is 5.02 Å². The molecule has 1 aromatic heterocycles. The lowest BCUT2D eigenvalue weighted by molar-refractivity contribution is -0.122. The minimum absolute atomic E-state index is 0.0504. The van der Waals surface area contributed by atoms with Gasteiger partial charge in [0.05, 0.1) is 12.8 Å². The van der Waals surface area contributed by atoms with Gasteiger partial charge >= 0.3 is 0 Å². The van der Waals surface area contributed by atoms with E-state index in [1.54, 1.807) is 12.1 Å². The van der Waals surface area contributed by atoms with Gasteiger partial charge in [-0.25, -0.2) is 0 Å². The number of aliphatic hydroxyl groups is 1. The van der Waals surface area contributed by atoms with Gasteiger partial charge in [-0.15, -0.1) is 0 Å². The maximum absolute atomic E-state index is 12.1. The molecule has 0 saturated heterocycles. The first-order valence-electron chi connectivity index (χ1n) is 6.90. The number of amides is 1. The second-order valence-corrected chi connectivity index (χ2v) is 5.65. The van der Waals surface area contributed by atoms with Crippen molar-refractivity contribution in [3.63, 3.8) is 0 Å². The van der Waals surface area contributed by atoms with E-state index in [2.05, 4.69) is 5.32 Å². The molecule has 1 aliphatic rings. The van der Waals surface area contributed by atoms with Crippen LogP contribution in [-0.2, 0) is 4.79 Å². The Bertz CT molecular complexity index is 626. The Labute approximate surface area is 127 Å². The SMILES string of the molecule is O=C(NC[C@H](O)c1ccco1)[C@H]1C[C@H]1c1ccccc1Cl. The summed E-state index contributed by atoms with van der Waals surface area (Å²) >= 11 is 6.14. The van der Waals surface area contributed by atoms with E-state index < -0.39 is 6.10 Å². The lowest BCUT2D eigenvalue weighted by Gasteiger charge is -2.09. The number of rotatable bonds is 5. The van der Waals surface area contributed by atoms with Crippen molar-refractivity contribution < 1.29 is 14.3 Å². The molecule has 0 aliphatic heterocycles. The van der Waals surface area contributed by atoms with Crippen molar-refractivity contribution in [2.75, 3.05) is 6.54 Å². The van der Waals surface area contributed by atoms with E-state index >= 15 is 0 Å². The van der Waals surface area contributed by atoms with Crippen LogP contribution < -0.4 is 5.32 Å². The molecule has 1 saturated carbocycles. The van der Waals surface area contributed by atoms with Gasteiger partial charge in [0.25, 0.3) is 0 Å². The van der Waals surface area contributed by atoms with E-state index in [0.29, 0.717) is 10.8 Å². The number of nitrogens with one attached hydrogen (secondary N) is 1. The van der Waals surface area contributed by atoms with Crippen molar-refractivity contribution in [3.8, 4) is 0 Å². The first kappa shape index (κ1) is 14.2. The fourth-order valence-electron chi connectivity index (χ4n) is 2.51. The summed E-state index contributed by atoms with van der Waals surface area (Å²) in [7, 11) is 0. The molecule has 1 fully saturated rings. The number of benzene rings is 1. The molecule has 1 aromatic carbocycles. The number of carbonyl (C=O) groups is 1. The topological polar surface area (TPSA) is 62.5 Å². The normalized spacial score (nSPS) is 21.8. The predicted molar refractivity (Wildman–Crippen MR) is 79.0 cm³/mol. The van der Waals surface area contributed by atoms with E-state index in [9.17, 15) is 9.90 Å². The van der Waals surface area contributed by atoms with Crippen molar-refractivity contribution in [2.24, 2.45) is 5.92 Å². The van der Waals surface area contributed by atoms with Crippen molar-refractivity contribution in [1.29, 1.82) is 0 Å². The first-order valence-corrected chi connectivity index (χ1v) is 7.28. The molecule has 1 aliphatic carbocycles. The third-order valence-corrected chi connectivity index (χ3v) is 4.12. The molecule has 1 amide bonds. The zero-order valence-electron chi connectivity index (χ0n) is 11.3. The molecule has 3 atom stereocenters. The second kappa shape index (κ2) is 5.92. The van der Waals surface area contributed by atoms with Crippen molar-refractivity contribution >= 4 is 17.5 Å². The Morgan fingerprint density at radius 3 is 2.90 bits per heavy atom. The van der Waals surface area contributed by atoms with Gasteiger partial charge in [-0.3, -0.25) is 4.79 Å². The van der Waals surface area contributed by atoms with Crippen LogP contribution in [0.25, 0.3) is 0 Å². The Hall–Kier alpha value is -1.78. The first-order chi connectivity index (χ1) is 10.2. The average molecular weight is 306 g/mol. The van der Waals surface area contributed by atoms with Crippen molar-refractivity contribution in [2.45, 2.75) is 18.4 Å². The van der Waals surface area contributed by atoms with E-state index in [1.165, 1.54) is 6.26 Å². The Kier molecular flexibility index (Phi) is 3.99. The Morgan fingerprint density at radius 2 is 2.19 bits per heavy atom. The van der Waals surface area contributed by atoms with Gasteiger partial charge in [-0.1, -0.05) is 29.8 Å². The highest BCUT2D eigenvalue weighted by Crippen LogP contribution is 2.49. The van der Waals surface area contributed by atoms with Gasteiger partial charge < -0.3 is 14.8 Å². The smallest absolute Gasteiger partial charge is 0.223 e. The highest BCUT2D eigenvalue weighted by Gasteiger charge is 2.44. The zero-order valence-corrected chi connectivity index (χ0v) is 12.1. The largest absolute Gasteiger partial charge is 0.467 e. The summed E-state index contributed by atoms with van der Waals surface area (Å²) in [6.07, 6.45) is 1.47. The second-order valence-electron chi connectivity index (χ2n) is 5.25. The summed E-state index contributed by atoms with van der Waals surface area (Å²) in [6.45, 7) is 0.151. The fraction of sp³-hybridized carbons (Fsp3) is 0.312. The average Bonchev–Trinajstić information content (AvgIpc) is 3.08. The van der Waals surface area contributed by atoms with Crippen molar-refractivity contribution in [1.82, 2.24) is 5.32 Å². The zero-order chi connectivity index (χ0) is 14.8. The summed E-state index contributed by atoms with van der Waals surface area (Å²) < 4.78 is 5.09. The third-order valence-electron chi connectivity index (χ3n) is 3.77. The van der Waals surface area contributed by atoms with E-state index in [1.807, 2.05) is 24.3 Å². The van der Waals surface area contributed by atoms with Gasteiger partial charge in [-0.2, -0.15) is 0 Å². The van der Waals surface area contributed by atoms with E-state index in [0.717, 1.165) is 12.0 Å². The lowest BCUT2D eigenvalue weighted by Crippen LogP contribution is -2.29. The fourth-order valence-corrected chi connectivity index (χ4v) is 2.79. The van der Waals surface area contributed by atoms with Crippen LogP contribution >= 0.6 is 11.6 Å². The van der Waals surface area contributed by atoms with Crippen LogP contribution in [0.15, 0.2) is 47.1 Å². The van der Waals surface area contributed by atoms with Gasteiger partial charge in [0.15, 0.2) is 0 Å². The minimum Gasteiger partial charge on any atom is -0.467 e. The van der Waals surface area contributed by atoms with Crippen LogP contribution in [0.5, 0.6) is 0 Å². The molecule has 0 unspecified atom stereocenters. The minimum atomic E-state index is -0.818. The standard InChI is InChI=1S/C16H16ClNO3/c17-13-5-2-1-4-10(13)11-8-12(11)16(20)18-9-14(19)15-6-3-7-21-15/h1-7,11-12,14,19H,8-9H2,(H,18,20)/t11-,12-,14-/m0/s1. The van der Waals surface area contributed by atoms with Crippen LogP contribution in [0, 0.1) is 5.92 Å². The summed E-state index contributed by atoms with van der Waals surface area (Å²) in [5.41, 5.74) is 1.02. The molecule has 5 heteroatoms. The number of hydrogen-bond acceptors (Lipinski definition) is 3. The monoisotopic (exact) mass is 305 g/mol. The molecule has 4 nitrogen and oxygen atoms in total. The quantitative estimate of drug-likeness (QED) is 0.893. The molecule has 110 valence electrons. The summed E-state index contributed by atoms with van der Waals surface area (Å²) in [6, 6.07) is 11.0. The van der Waals surface area contributed by atoms with Gasteiger partial charge in [0.2, 0.25) is 5.91 Å². The maximum Gasteiger partial charge on any atom is 0.223 e. The summed E-state index contributed by atoms with van der Waals surface area (Å²) in [5.74, 6) is 0.521.